The molecule has 0 aliphatic rings. The van der Waals surface area contributed by atoms with Crippen LogP contribution in [0.4, 0.5) is 0 Å². The fraction of sp³-hybridized carbons (Fsp3) is 0.786. The van der Waals surface area contributed by atoms with Gasteiger partial charge in [0.15, 0.2) is 0 Å². The van der Waals surface area contributed by atoms with E-state index in [2.05, 4.69) is 10.6 Å². The number of nitrogens with one attached hydrogen (secondary N) is 2. The van der Waals surface area contributed by atoms with E-state index in [-0.39, 0.29) is 17.7 Å². The van der Waals surface area contributed by atoms with Gasteiger partial charge in [0.05, 0.1) is 17.3 Å². The average Bonchev–Trinajstić information content (AvgIpc) is 2.50. The predicted octanol–water partition coefficient (Wildman–Crippen LogP) is 0.527. The molecular formula is C14H27N3O3S3. The highest BCUT2D eigenvalue weighted by Gasteiger charge is 2.13. The Labute approximate surface area is 151 Å². The van der Waals surface area contributed by atoms with E-state index < -0.39 is 0 Å². The van der Waals surface area contributed by atoms with Gasteiger partial charge in [0.1, 0.15) is 0 Å². The van der Waals surface area contributed by atoms with E-state index in [9.17, 15) is 14.4 Å². The van der Waals surface area contributed by atoms with Gasteiger partial charge in [0.2, 0.25) is 17.7 Å². The van der Waals surface area contributed by atoms with Gasteiger partial charge < -0.3 is 15.5 Å². The molecule has 0 rings (SSSR count). The van der Waals surface area contributed by atoms with Crippen molar-refractivity contribution < 1.29 is 14.4 Å². The number of thioether (sulfide) groups is 3. The third-order valence-electron chi connectivity index (χ3n) is 2.80. The van der Waals surface area contributed by atoms with E-state index in [1.165, 1.54) is 35.3 Å². The Morgan fingerprint density at radius 3 is 1.83 bits per heavy atom. The van der Waals surface area contributed by atoms with Crippen LogP contribution in [0.1, 0.15) is 6.42 Å². The topological polar surface area (TPSA) is 78.5 Å². The molecule has 0 unspecified atom stereocenters. The van der Waals surface area contributed by atoms with Crippen LogP contribution in [0.15, 0.2) is 0 Å². The standard InChI is InChI=1S/C14H27N3O3S3/c1-21-9-12(18)15-5-4-7-17(14(20)11-23-3)8-6-16-13(19)10-22-2/h4-11H2,1-3H3,(H,15,18)(H,16,19). The molecule has 0 radical (unpaired) electrons. The summed E-state index contributed by atoms with van der Waals surface area (Å²) in [6.07, 6.45) is 6.35. The minimum atomic E-state index is -0.0147. The quantitative estimate of drug-likeness (QED) is 0.453. The first-order valence-electron chi connectivity index (χ1n) is 7.33. The van der Waals surface area contributed by atoms with Gasteiger partial charge in [-0.2, -0.15) is 35.3 Å². The van der Waals surface area contributed by atoms with Crippen LogP contribution in [0.5, 0.6) is 0 Å². The second kappa shape index (κ2) is 15.0. The Bertz CT molecular complexity index is 370. The maximum absolute atomic E-state index is 12.1. The zero-order valence-corrected chi connectivity index (χ0v) is 16.5. The molecule has 0 bridgehead atoms. The molecule has 0 saturated heterocycles. The van der Waals surface area contributed by atoms with Gasteiger partial charge in [-0.3, -0.25) is 14.4 Å². The molecule has 0 fully saturated rings. The molecule has 0 saturated carbocycles. The van der Waals surface area contributed by atoms with E-state index in [1.807, 2.05) is 18.8 Å². The molecule has 9 heteroatoms. The van der Waals surface area contributed by atoms with Crippen LogP contribution in [0, 0.1) is 0 Å². The zero-order chi connectivity index (χ0) is 17.5. The maximum atomic E-state index is 12.1. The lowest BCUT2D eigenvalue weighted by atomic mass is 10.3. The number of rotatable bonds is 13. The summed E-state index contributed by atoms with van der Waals surface area (Å²) in [5.41, 5.74) is 0. The summed E-state index contributed by atoms with van der Waals surface area (Å²) in [5, 5.41) is 5.63. The van der Waals surface area contributed by atoms with Crippen molar-refractivity contribution in [3.8, 4) is 0 Å². The number of nitrogens with zero attached hydrogens (tertiary/aromatic N) is 1. The van der Waals surface area contributed by atoms with E-state index >= 15 is 0 Å². The van der Waals surface area contributed by atoms with Gasteiger partial charge in [-0.1, -0.05) is 0 Å². The highest BCUT2D eigenvalue weighted by atomic mass is 32.2. The van der Waals surface area contributed by atoms with Crippen molar-refractivity contribution in [3.63, 3.8) is 0 Å². The Balaban J connectivity index is 4.12. The summed E-state index contributed by atoms with van der Waals surface area (Å²) in [5.74, 6) is 1.38. The van der Waals surface area contributed by atoms with Gasteiger partial charge >= 0.3 is 0 Å². The molecule has 6 nitrogen and oxygen atoms in total. The molecule has 0 spiro atoms. The Morgan fingerprint density at radius 2 is 1.30 bits per heavy atom. The van der Waals surface area contributed by atoms with Gasteiger partial charge in [-0.15, -0.1) is 0 Å². The molecule has 0 aromatic heterocycles. The number of carbonyl (C=O) groups is 3. The Hall–Kier alpha value is -0.540. The first-order valence-corrected chi connectivity index (χ1v) is 11.5. The highest BCUT2D eigenvalue weighted by molar-refractivity contribution is 7.99. The normalized spacial score (nSPS) is 10.2. The van der Waals surface area contributed by atoms with Crippen LogP contribution in [-0.2, 0) is 14.4 Å². The molecule has 0 aliphatic heterocycles. The SMILES string of the molecule is CSCC(=O)NCCCN(CCNC(=O)CSC)C(=O)CSC. The molecule has 0 aromatic carbocycles. The zero-order valence-electron chi connectivity index (χ0n) is 14.1. The van der Waals surface area contributed by atoms with Gasteiger partial charge in [0.25, 0.3) is 0 Å². The minimum Gasteiger partial charge on any atom is -0.355 e. The molecule has 0 heterocycles. The fourth-order valence-corrected chi connectivity index (χ4v) is 2.93. The lowest BCUT2D eigenvalue weighted by Gasteiger charge is -2.22. The van der Waals surface area contributed by atoms with Crippen LogP contribution >= 0.6 is 35.3 Å². The maximum Gasteiger partial charge on any atom is 0.232 e. The van der Waals surface area contributed by atoms with Crippen molar-refractivity contribution in [1.82, 2.24) is 15.5 Å². The van der Waals surface area contributed by atoms with E-state index in [0.29, 0.717) is 49.9 Å². The Kier molecular flexibility index (Phi) is 14.7. The number of hydrogen-bond donors (Lipinski definition) is 2. The van der Waals surface area contributed by atoms with Crippen LogP contribution in [0.25, 0.3) is 0 Å². The first-order chi connectivity index (χ1) is 11.0. The Morgan fingerprint density at radius 1 is 0.783 bits per heavy atom. The number of amides is 3. The smallest absolute Gasteiger partial charge is 0.232 e. The van der Waals surface area contributed by atoms with Crippen molar-refractivity contribution in [2.75, 3.05) is 62.2 Å². The van der Waals surface area contributed by atoms with E-state index in [0.717, 1.165) is 0 Å². The van der Waals surface area contributed by atoms with E-state index in [1.54, 1.807) is 4.90 Å². The van der Waals surface area contributed by atoms with Crippen molar-refractivity contribution in [3.05, 3.63) is 0 Å². The molecule has 3 amide bonds. The summed E-state index contributed by atoms with van der Waals surface area (Å²) in [6, 6.07) is 0. The van der Waals surface area contributed by atoms with Crippen molar-refractivity contribution in [1.29, 1.82) is 0 Å². The largest absolute Gasteiger partial charge is 0.355 e. The van der Waals surface area contributed by atoms with Crippen molar-refractivity contribution in [2.24, 2.45) is 0 Å². The average molecular weight is 382 g/mol. The molecule has 0 atom stereocenters. The second-order valence-electron chi connectivity index (χ2n) is 4.73. The summed E-state index contributed by atoms with van der Waals surface area (Å²) >= 11 is 4.43. The molecule has 23 heavy (non-hydrogen) atoms. The monoisotopic (exact) mass is 381 g/mol. The van der Waals surface area contributed by atoms with Crippen molar-refractivity contribution >= 4 is 53.0 Å². The van der Waals surface area contributed by atoms with E-state index in [4.69, 9.17) is 0 Å². The summed E-state index contributed by atoms with van der Waals surface area (Å²) < 4.78 is 0. The molecule has 0 aromatic rings. The molecule has 2 N–H and O–H groups in total. The van der Waals surface area contributed by atoms with Crippen molar-refractivity contribution in [2.45, 2.75) is 6.42 Å². The summed E-state index contributed by atoms with van der Waals surface area (Å²) in [4.78, 5) is 36.6. The van der Waals surface area contributed by atoms with Crippen LogP contribution in [-0.4, -0.2) is 84.8 Å². The summed E-state index contributed by atoms with van der Waals surface area (Å²) in [7, 11) is 0. The van der Waals surface area contributed by atoms with Gasteiger partial charge in [-0.05, 0) is 25.2 Å². The third-order valence-corrected chi connectivity index (χ3v) is 4.44. The highest BCUT2D eigenvalue weighted by Crippen LogP contribution is 2.00. The first kappa shape index (κ1) is 22.5. The lowest BCUT2D eigenvalue weighted by Crippen LogP contribution is -2.41. The lowest BCUT2D eigenvalue weighted by molar-refractivity contribution is -0.129. The van der Waals surface area contributed by atoms with Crippen LogP contribution < -0.4 is 10.6 Å². The van der Waals surface area contributed by atoms with Gasteiger partial charge in [-0.25, -0.2) is 0 Å². The predicted molar refractivity (Wildman–Crippen MR) is 102 cm³/mol. The molecule has 0 aliphatic carbocycles. The van der Waals surface area contributed by atoms with Crippen LogP contribution in [0.3, 0.4) is 0 Å². The second-order valence-corrected chi connectivity index (χ2v) is 7.33. The molecule has 134 valence electrons. The summed E-state index contributed by atoms with van der Waals surface area (Å²) in [6.45, 7) is 2.09. The van der Waals surface area contributed by atoms with Crippen LogP contribution in [0.2, 0.25) is 0 Å². The minimum absolute atomic E-state index is 0.0147. The number of carbonyl (C=O) groups excluding carboxylic acids is 3. The number of hydrogen-bond acceptors (Lipinski definition) is 6. The van der Waals surface area contributed by atoms with Gasteiger partial charge in [0, 0.05) is 26.2 Å². The fourth-order valence-electron chi connectivity index (χ4n) is 1.77. The molecular weight excluding hydrogens is 354 g/mol. The third kappa shape index (κ3) is 12.5.